The summed E-state index contributed by atoms with van der Waals surface area (Å²) in [6.45, 7) is 0. The van der Waals surface area contributed by atoms with Gasteiger partial charge in [0.25, 0.3) is 5.91 Å². The summed E-state index contributed by atoms with van der Waals surface area (Å²) in [5, 5.41) is 0. The van der Waals surface area contributed by atoms with E-state index < -0.39 is 0 Å². The molecular weight excluding hydrogens is 379 g/mol. The summed E-state index contributed by atoms with van der Waals surface area (Å²) in [4.78, 5) is 23.5. The van der Waals surface area contributed by atoms with Crippen molar-refractivity contribution in [3.05, 3.63) is 69.3 Å². The van der Waals surface area contributed by atoms with Crippen molar-refractivity contribution in [2.24, 2.45) is 0 Å². The number of nitrogens with one attached hydrogen (secondary N) is 2. The molecule has 0 heterocycles. The highest BCUT2D eigenvalue weighted by atomic mass is 127. The maximum absolute atomic E-state index is 11.8. The van der Waals surface area contributed by atoms with Crippen molar-refractivity contribution in [3.63, 3.8) is 0 Å². The van der Waals surface area contributed by atoms with E-state index in [1.807, 2.05) is 42.5 Å². The largest absolute Gasteiger partial charge is 0.273 e. The Labute approximate surface area is 137 Å². The monoisotopic (exact) mass is 394 g/mol. The van der Waals surface area contributed by atoms with Gasteiger partial charge in [0.05, 0.1) is 0 Å². The molecule has 0 saturated heterocycles. The van der Waals surface area contributed by atoms with Gasteiger partial charge in [0.1, 0.15) is 0 Å². The molecule has 2 rings (SSSR count). The van der Waals surface area contributed by atoms with Crippen molar-refractivity contribution >= 4 is 34.4 Å². The summed E-state index contributed by atoms with van der Waals surface area (Å²) in [6.07, 6.45) is 0.975. The Kier molecular flexibility index (Phi) is 5.74. The minimum Gasteiger partial charge on any atom is -0.273 e. The van der Waals surface area contributed by atoms with Crippen LogP contribution in [0, 0.1) is 3.57 Å². The van der Waals surface area contributed by atoms with Crippen LogP contribution in [0.15, 0.2) is 54.6 Å². The smallest absolute Gasteiger partial charge is 0.269 e. The third-order valence-corrected chi connectivity index (χ3v) is 3.62. The average Bonchev–Trinajstić information content (AvgIpc) is 2.52. The van der Waals surface area contributed by atoms with E-state index in [2.05, 4.69) is 33.4 Å². The molecule has 0 fully saturated rings. The second-order valence-electron chi connectivity index (χ2n) is 4.49. The summed E-state index contributed by atoms with van der Waals surface area (Å²) in [6, 6.07) is 16.9. The fourth-order valence-corrected chi connectivity index (χ4v) is 2.12. The SMILES string of the molecule is O=C(CCc1ccccc1)NNC(=O)c1ccc(I)cc1. The maximum Gasteiger partial charge on any atom is 0.269 e. The number of hydrogen-bond donors (Lipinski definition) is 2. The Hall–Kier alpha value is -1.89. The number of halogens is 1. The van der Waals surface area contributed by atoms with Gasteiger partial charge in [0.2, 0.25) is 5.91 Å². The standard InChI is InChI=1S/C16H15IN2O2/c17-14-9-7-13(8-10-14)16(21)19-18-15(20)11-6-12-4-2-1-3-5-12/h1-5,7-10H,6,11H2,(H,18,20)(H,19,21). The highest BCUT2D eigenvalue weighted by Gasteiger charge is 2.07. The number of amides is 2. The first kappa shape index (κ1) is 15.5. The highest BCUT2D eigenvalue weighted by molar-refractivity contribution is 14.1. The molecule has 2 N–H and O–H groups in total. The second kappa shape index (κ2) is 7.78. The Bertz CT molecular complexity index is 612. The van der Waals surface area contributed by atoms with Crippen LogP contribution in [0.1, 0.15) is 22.3 Å². The van der Waals surface area contributed by atoms with Gasteiger partial charge >= 0.3 is 0 Å². The van der Waals surface area contributed by atoms with Crippen LogP contribution in [0.4, 0.5) is 0 Å². The van der Waals surface area contributed by atoms with Gasteiger partial charge in [-0.25, -0.2) is 0 Å². The molecule has 0 aromatic heterocycles. The van der Waals surface area contributed by atoms with E-state index >= 15 is 0 Å². The lowest BCUT2D eigenvalue weighted by Gasteiger charge is -2.07. The Morgan fingerprint density at radius 3 is 2.24 bits per heavy atom. The Balaban J connectivity index is 1.76. The fourth-order valence-electron chi connectivity index (χ4n) is 1.76. The molecule has 4 nitrogen and oxygen atoms in total. The normalized spacial score (nSPS) is 9.95. The third-order valence-electron chi connectivity index (χ3n) is 2.91. The lowest BCUT2D eigenvalue weighted by molar-refractivity contribution is -0.121. The molecule has 0 unspecified atom stereocenters. The average molecular weight is 394 g/mol. The summed E-state index contributed by atoms with van der Waals surface area (Å²) in [5.74, 6) is -0.530. The molecule has 21 heavy (non-hydrogen) atoms. The van der Waals surface area contributed by atoms with Gasteiger partial charge in [0.15, 0.2) is 0 Å². The summed E-state index contributed by atoms with van der Waals surface area (Å²) in [7, 11) is 0. The molecule has 0 radical (unpaired) electrons. The number of benzene rings is 2. The molecule has 5 heteroatoms. The number of carbonyl (C=O) groups excluding carboxylic acids is 2. The van der Waals surface area contributed by atoms with Gasteiger partial charge in [-0.1, -0.05) is 30.3 Å². The summed E-state index contributed by atoms with van der Waals surface area (Å²) in [5.41, 5.74) is 6.45. The lowest BCUT2D eigenvalue weighted by atomic mass is 10.1. The van der Waals surface area contributed by atoms with Crippen LogP contribution in [0.5, 0.6) is 0 Å². The van der Waals surface area contributed by atoms with Gasteiger partial charge in [-0.15, -0.1) is 0 Å². The molecule has 0 saturated carbocycles. The molecule has 0 aliphatic heterocycles. The predicted molar refractivity (Wildman–Crippen MR) is 89.5 cm³/mol. The van der Waals surface area contributed by atoms with E-state index in [9.17, 15) is 9.59 Å². The minimum absolute atomic E-state index is 0.210. The van der Waals surface area contributed by atoms with Gasteiger partial charge in [-0.05, 0) is 58.8 Å². The number of aryl methyl sites for hydroxylation is 1. The van der Waals surface area contributed by atoms with Gasteiger partial charge < -0.3 is 0 Å². The van der Waals surface area contributed by atoms with E-state index in [1.54, 1.807) is 12.1 Å². The van der Waals surface area contributed by atoms with Crippen LogP contribution in [0.3, 0.4) is 0 Å². The van der Waals surface area contributed by atoms with Gasteiger partial charge in [0, 0.05) is 15.6 Å². The first-order valence-electron chi connectivity index (χ1n) is 6.54. The van der Waals surface area contributed by atoms with Crippen molar-refractivity contribution in [2.45, 2.75) is 12.8 Å². The third kappa shape index (κ3) is 5.18. The van der Waals surface area contributed by atoms with E-state index in [0.29, 0.717) is 18.4 Å². The van der Waals surface area contributed by atoms with Crippen LogP contribution in [0.25, 0.3) is 0 Å². The zero-order chi connectivity index (χ0) is 15.1. The number of hydrazine groups is 1. The summed E-state index contributed by atoms with van der Waals surface area (Å²) >= 11 is 2.17. The molecule has 0 aliphatic carbocycles. The van der Waals surface area contributed by atoms with E-state index in [-0.39, 0.29) is 11.8 Å². The van der Waals surface area contributed by atoms with Crippen molar-refractivity contribution in [1.29, 1.82) is 0 Å². The van der Waals surface area contributed by atoms with Crippen molar-refractivity contribution in [1.82, 2.24) is 10.9 Å². The quantitative estimate of drug-likeness (QED) is 0.619. The predicted octanol–water partition coefficient (Wildman–Crippen LogP) is 2.69. The topological polar surface area (TPSA) is 58.2 Å². The number of carbonyl (C=O) groups is 2. The molecule has 0 spiro atoms. The maximum atomic E-state index is 11.8. The molecule has 108 valence electrons. The fraction of sp³-hybridized carbons (Fsp3) is 0.125. The van der Waals surface area contributed by atoms with E-state index in [1.165, 1.54) is 0 Å². The van der Waals surface area contributed by atoms with Crippen molar-refractivity contribution in [3.8, 4) is 0 Å². The van der Waals surface area contributed by atoms with Crippen LogP contribution < -0.4 is 10.9 Å². The van der Waals surface area contributed by atoms with Crippen LogP contribution >= 0.6 is 22.6 Å². The van der Waals surface area contributed by atoms with Crippen LogP contribution in [-0.2, 0) is 11.2 Å². The molecule has 0 bridgehead atoms. The zero-order valence-electron chi connectivity index (χ0n) is 11.3. The highest BCUT2D eigenvalue weighted by Crippen LogP contribution is 2.06. The first-order valence-corrected chi connectivity index (χ1v) is 7.62. The summed E-state index contributed by atoms with van der Waals surface area (Å²) < 4.78 is 1.05. The van der Waals surface area contributed by atoms with Crippen LogP contribution in [0.2, 0.25) is 0 Å². The molecule has 2 aromatic rings. The molecule has 0 aliphatic rings. The molecular formula is C16H15IN2O2. The van der Waals surface area contributed by atoms with Gasteiger partial charge in [-0.2, -0.15) is 0 Å². The van der Waals surface area contributed by atoms with E-state index in [4.69, 9.17) is 0 Å². The minimum atomic E-state index is -0.320. The van der Waals surface area contributed by atoms with E-state index in [0.717, 1.165) is 9.13 Å². The number of rotatable bonds is 4. The lowest BCUT2D eigenvalue weighted by Crippen LogP contribution is -2.41. The first-order chi connectivity index (χ1) is 10.1. The van der Waals surface area contributed by atoms with Crippen molar-refractivity contribution < 1.29 is 9.59 Å². The van der Waals surface area contributed by atoms with Crippen LogP contribution in [-0.4, -0.2) is 11.8 Å². The second-order valence-corrected chi connectivity index (χ2v) is 5.74. The Morgan fingerprint density at radius 1 is 0.905 bits per heavy atom. The Morgan fingerprint density at radius 2 is 1.57 bits per heavy atom. The molecule has 2 amide bonds. The van der Waals surface area contributed by atoms with Crippen molar-refractivity contribution in [2.75, 3.05) is 0 Å². The van der Waals surface area contributed by atoms with Gasteiger partial charge in [-0.3, -0.25) is 20.4 Å². The number of hydrogen-bond acceptors (Lipinski definition) is 2. The zero-order valence-corrected chi connectivity index (χ0v) is 13.5. The molecule has 0 atom stereocenters. The molecule has 2 aromatic carbocycles.